The summed E-state index contributed by atoms with van der Waals surface area (Å²) in [6.45, 7) is 2.29. The molecule has 1 unspecified atom stereocenters. The van der Waals surface area contributed by atoms with Gasteiger partial charge in [-0.2, -0.15) is 5.10 Å². The topological polar surface area (TPSA) is 78.1 Å². The summed E-state index contributed by atoms with van der Waals surface area (Å²) in [5, 5.41) is 11.2. The zero-order chi connectivity index (χ0) is 16.1. The van der Waals surface area contributed by atoms with Crippen LogP contribution in [0.1, 0.15) is 24.1 Å². The molecule has 0 radical (unpaired) electrons. The van der Waals surface area contributed by atoms with Crippen molar-refractivity contribution in [2.45, 2.75) is 25.8 Å². The number of rotatable bonds is 5. The molecule has 1 aliphatic rings. The molecule has 7 heteroatoms. The van der Waals surface area contributed by atoms with E-state index in [1.165, 1.54) is 4.88 Å². The second kappa shape index (κ2) is 7.41. The minimum atomic E-state index is -0.196. The Balaban J connectivity index is 1.52. The molecule has 1 atom stereocenters. The van der Waals surface area contributed by atoms with E-state index >= 15 is 0 Å². The first-order chi connectivity index (χ1) is 11.2. The van der Waals surface area contributed by atoms with E-state index in [1.54, 1.807) is 23.6 Å². The summed E-state index contributed by atoms with van der Waals surface area (Å²) < 4.78 is 0. The number of nitrogens with zero attached hydrogens (tertiary/aromatic N) is 2. The van der Waals surface area contributed by atoms with Gasteiger partial charge in [-0.15, -0.1) is 11.3 Å². The van der Waals surface area contributed by atoms with E-state index in [9.17, 15) is 9.59 Å². The molecule has 2 aromatic rings. The number of aromatic nitrogens is 2. The molecular weight excluding hydrogens is 312 g/mol. The van der Waals surface area contributed by atoms with Gasteiger partial charge in [0.2, 0.25) is 5.91 Å². The Bertz CT molecular complexity index is 698. The van der Waals surface area contributed by atoms with Crippen LogP contribution in [-0.4, -0.2) is 29.2 Å². The summed E-state index contributed by atoms with van der Waals surface area (Å²) in [6.07, 6.45) is 4.26. The van der Waals surface area contributed by atoms with Gasteiger partial charge in [0.1, 0.15) is 0 Å². The zero-order valence-corrected chi connectivity index (χ0v) is 13.6. The highest BCUT2D eigenvalue weighted by molar-refractivity contribution is 7.09. The molecule has 0 aromatic carbocycles. The number of aromatic amines is 1. The van der Waals surface area contributed by atoms with Crippen molar-refractivity contribution < 1.29 is 4.79 Å². The second-order valence-corrected chi connectivity index (χ2v) is 6.85. The molecule has 2 N–H and O–H groups in total. The average Bonchev–Trinajstić information content (AvgIpc) is 3.07. The van der Waals surface area contributed by atoms with Crippen LogP contribution in [0.15, 0.2) is 34.6 Å². The lowest BCUT2D eigenvalue weighted by Gasteiger charge is -2.33. The standard InChI is InChI=1S/C16H20N4O2S/c21-15(17-10-14-4-2-6-23-14)7-12-3-1-5-20(11-12)13-8-16(22)19-18-9-13/h2,4,6,8-9,12H,1,3,5,7,10-11H2,(H,17,21)(H,19,22). The molecule has 2 aromatic heterocycles. The zero-order valence-electron chi connectivity index (χ0n) is 12.8. The number of thiophene rings is 1. The Morgan fingerprint density at radius 1 is 1.52 bits per heavy atom. The molecular formula is C16H20N4O2S. The monoisotopic (exact) mass is 332 g/mol. The maximum absolute atomic E-state index is 12.1. The van der Waals surface area contributed by atoms with E-state index < -0.39 is 0 Å². The van der Waals surface area contributed by atoms with Crippen LogP contribution in [0, 0.1) is 5.92 Å². The van der Waals surface area contributed by atoms with E-state index in [1.807, 2.05) is 17.5 Å². The number of hydrogen-bond acceptors (Lipinski definition) is 5. The van der Waals surface area contributed by atoms with Gasteiger partial charge in [0.05, 0.1) is 18.4 Å². The highest BCUT2D eigenvalue weighted by atomic mass is 32.1. The minimum absolute atomic E-state index is 0.0919. The van der Waals surface area contributed by atoms with E-state index in [-0.39, 0.29) is 11.5 Å². The SMILES string of the molecule is O=C(CC1CCCN(c2cn[nH]c(=O)c2)C1)NCc1cccs1. The summed E-state index contributed by atoms with van der Waals surface area (Å²) in [5.74, 6) is 0.403. The van der Waals surface area contributed by atoms with Crippen molar-refractivity contribution in [1.82, 2.24) is 15.5 Å². The number of piperidine rings is 1. The lowest BCUT2D eigenvalue weighted by molar-refractivity contribution is -0.122. The van der Waals surface area contributed by atoms with Gasteiger partial charge in [0.25, 0.3) is 5.56 Å². The van der Waals surface area contributed by atoms with E-state index in [4.69, 9.17) is 0 Å². The smallest absolute Gasteiger partial charge is 0.266 e. The van der Waals surface area contributed by atoms with Crippen molar-refractivity contribution in [2.24, 2.45) is 5.92 Å². The number of H-pyrrole nitrogens is 1. The van der Waals surface area contributed by atoms with Crippen molar-refractivity contribution in [2.75, 3.05) is 18.0 Å². The molecule has 3 heterocycles. The third-order valence-corrected chi connectivity index (χ3v) is 4.93. The van der Waals surface area contributed by atoms with Crippen LogP contribution in [0.5, 0.6) is 0 Å². The summed E-state index contributed by atoms with van der Waals surface area (Å²) in [6, 6.07) is 5.57. The number of nitrogens with one attached hydrogen (secondary N) is 2. The van der Waals surface area contributed by atoms with Gasteiger partial charge in [-0.3, -0.25) is 9.59 Å². The summed E-state index contributed by atoms with van der Waals surface area (Å²) >= 11 is 1.65. The predicted molar refractivity (Wildman–Crippen MR) is 90.6 cm³/mol. The lowest BCUT2D eigenvalue weighted by atomic mass is 9.94. The van der Waals surface area contributed by atoms with Crippen LogP contribution in [-0.2, 0) is 11.3 Å². The van der Waals surface area contributed by atoms with Gasteiger partial charge < -0.3 is 10.2 Å². The Hall–Kier alpha value is -2.15. The van der Waals surface area contributed by atoms with E-state index in [0.29, 0.717) is 18.9 Å². The van der Waals surface area contributed by atoms with Gasteiger partial charge in [-0.25, -0.2) is 5.10 Å². The number of carbonyl (C=O) groups excluding carboxylic acids is 1. The number of carbonyl (C=O) groups is 1. The van der Waals surface area contributed by atoms with Crippen molar-refractivity contribution in [3.63, 3.8) is 0 Å². The van der Waals surface area contributed by atoms with Crippen molar-refractivity contribution in [3.05, 3.63) is 45.0 Å². The van der Waals surface area contributed by atoms with Crippen LogP contribution in [0.25, 0.3) is 0 Å². The Labute approximate surface area is 138 Å². The Morgan fingerprint density at radius 3 is 3.22 bits per heavy atom. The number of amides is 1. The predicted octanol–water partition coefficient (Wildman–Crippen LogP) is 1.75. The molecule has 1 fully saturated rings. The fourth-order valence-electron chi connectivity index (χ4n) is 2.94. The fourth-order valence-corrected chi connectivity index (χ4v) is 3.58. The highest BCUT2D eigenvalue weighted by Gasteiger charge is 2.22. The van der Waals surface area contributed by atoms with Crippen molar-refractivity contribution in [3.8, 4) is 0 Å². The van der Waals surface area contributed by atoms with Crippen molar-refractivity contribution >= 4 is 22.9 Å². The molecule has 0 bridgehead atoms. The summed E-state index contributed by atoms with van der Waals surface area (Å²) in [4.78, 5) is 26.8. The second-order valence-electron chi connectivity index (χ2n) is 5.82. The van der Waals surface area contributed by atoms with Crippen LogP contribution in [0.3, 0.4) is 0 Å². The summed E-state index contributed by atoms with van der Waals surface area (Å²) in [5.41, 5.74) is 0.635. The lowest BCUT2D eigenvalue weighted by Crippen LogP contribution is -2.38. The van der Waals surface area contributed by atoms with Gasteiger partial charge >= 0.3 is 0 Å². The maximum atomic E-state index is 12.1. The molecule has 0 saturated carbocycles. The Morgan fingerprint density at radius 2 is 2.43 bits per heavy atom. The molecule has 23 heavy (non-hydrogen) atoms. The highest BCUT2D eigenvalue weighted by Crippen LogP contribution is 2.23. The third kappa shape index (κ3) is 4.41. The van der Waals surface area contributed by atoms with Crippen LogP contribution in [0.4, 0.5) is 5.69 Å². The van der Waals surface area contributed by atoms with Gasteiger partial charge in [0.15, 0.2) is 0 Å². The van der Waals surface area contributed by atoms with E-state index in [2.05, 4.69) is 20.4 Å². The molecule has 1 aliphatic heterocycles. The molecule has 0 spiro atoms. The number of anilines is 1. The van der Waals surface area contributed by atoms with Gasteiger partial charge in [0, 0.05) is 30.5 Å². The largest absolute Gasteiger partial charge is 0.370 e. The minimum Gasteiger partial charge on any atom is -0.370 e. The first kappa shape index (κ1) is 15.7. The quantitative estimate of drug-likeness (QED) is 0.874. The normalized spacial score (nSPS) is 17.9. The Kier molecular flexibility index (Phi) is 5.07. The van der Waals surface area contributed by atoms with Crippen LogP contribution < -0.4 is 15.8 Å². The van der Waals surface area contributed by atoms with Crippen LogP contribution >= 0.6 is 11.3 Å². The number of hydrogen-bond donors (Lipinski definition) is 2. The van der Waals surface area contributed by atoms with Crippen molar-refractivity contribution in [1.29, 1.82) is 0 Å². The molecule has 3 rings (SSSR count). The molecule has 1 saturated heterocycles. The third-order valence-electron chi connectivity index (χ3n) is 4.05. The first-order valence-corrected chi connectivity index (χ1v) is 8.67. The van der Waals surface area contributed by atoms with E-state index in [0.717, 1.165) is 31.6 Å². The molecule has 122 valence electrons. The van der Waals surface area contributed by atoms with Crippen LogP contribution in [0.2, 0.25) is 0 Å². The maximum Gasteiger partial charge on any atom is 0.266 e. The summed E-state index contributed by atoms with van der Waals surface area (Å²) in [7, 11) is 0. The molecule has 0 aliphatic carbocycles. The average molecular weight is 332 g/mol. The molecule has 6 nitrogen and oxygen atoms in total. The van der Waals surface area contributed by atoms with Gasteiger partial charge in [-0.05, 0) is 30.2 Å². The molecule has 1 amide bonds. The fraction of sp³-hybridized carbons (Fsp3) is 0.438. The first-order valence-electron chi connectivity index (χ1n) is 7.79. The van der Waals surface area contributed by atoms with Gasteiger partial charge in [-0.1, -0.05) is 6.07 Å².